The molecule has 0 saturated heterocycles. The molecule has 2 aromatic rings. The van der Waals surface area contributed by atoms with Gasteiger partial charge in [-0.25, -0.2) is 14.4 Å². The Morgan fingerprint density at radius 2 is 1.89 bits per heavy atom. The molecule has 1 aromatic carbocycles. The highest BCUT2D eigenvalue weighted by Gasteiger charge is 2.10. The lowest BCUT2D eigenvalue weighted by atomic mass is 10.1. The van der Waals surface area contributed by atoms with Crippen LogP contribution in [0.3, 0.4) is 0 Å². The highest BCUT2D eigenvalue weighted by atomic mass is 35.5. The second-order valence-corrected chi connectivity index (χ2v) is 5.00. The van der Waals surface area contributed by atoms with E-state index in [9.17, 15) is 4.39 Å². The van der Waals surface area contributed by atoms with Crippen LogP contribution in [0.15, 0.2) is 24.3 Å². The summed E-state index contributed by atoms with van der Waals surface area (Å²) in [6.45, 7) is 4.09. The molecule has 0 saturated carbocycles. The molecule has 100 valence electrons. The van der Waals surface area contributed by atoms with Crippen LogP contribution in [0.5, 0.6) is 0 Å². The predicted molar refractivity (Wildman–Crippen MR) is 76.1 cm³/mol. The van der Waals surface area contributed by atoms with Crippen molar-refractivity contribution in [1.82, 2.24) is 9.97 Å². The number of nitrogens with zero attached hydrogens (tertiary/aromatic N) is 2. The van der Waals surface area contributed by atoms with Crippen molar-refractivity contribution in [2.75, 3.05) is 12.4 Å². The fourth-order valence-electron chi connectivity index (χ4n) is 1.70. The maximum absolute atomic E-state index is 13.4. The Bertz CT molecular complexity index is 579. The van der Waals surface area contributed by atoms with Gasteiger partial charge in [-0.05, 0) is 24.1 Å². The first kappa shape index (κ1) is 13.7. The van der Waals surface area contributed by atoms with Crippen molar-refractivity contribution in [3.8, 4) is 11.4 Å². The number of hydrogen-bond donors (Lipinski definition) is 1. The third-order valence-electron chi connectivity index (χ3n) is 2.71. The summed E-state index contributed by atoms with van der Waals surface area (Å²) in [6, 6.07) is 6.18. The van der Waals surface area contributed by atoms with Crippen LogP contribution in [-0.2, 0) is 0 Å². The van der Waals surface area contributed by atoms with Gasteiger partial charge in [-0.15, -0.1) is 0 Å². The van der Waals surface area contributed by atoms with Crippen molar-refractivity contribution < 1.29 is 4.39 Å². The number of halogens is 2. The summed E-state index contributed by atoms with van der Waals surface area (Å²) in [7, 11) is 1.79. The maximum Gasteiger partial charge on any atom is 0.161 e. The van der Waals surface area contributed by atoms with Crippen LogP contribution in [0.1, 0.15) is 25.5 Å². The molecule has 0 unspecified atom stereocenters. The van der Waals surface area contributed by atoms with Crippen molar-refractivity contribution in [3.05, 3.63) is 40.8 Å². The summed E-state index contributed by atoms with van der Waals surface area (Å²) in [4.78, 5) is 8.80. The summed E-state index contributed by atoms with van der Waals surface area (Å²) >= 11 is 5.86. The summed E-state index contributed by atoms with van der Waals surface area (Å²) < 4.78 is 13.4. The van der Waals surface area contributed by atoms with E-state index in [1.165, 1.54) is 12.1 Å². The Labute approximate surface area is 116 Å². The molecule has 1 N–H and O–H groups in total. The second kappa shape index (κ2) is 5.53. The monoisotopic (exact) mass is 279 g/mol. The highest BCUT2D eigenvalue weighted by molar-refractivity contribution is 6.30. The van der Waals surface area contributed by atoms with E-state index < -0.39 is 5.82 Å². The molecule has 3 nitrogen and oxygen atoms in total. The van der Waals surface area contributed by atoms with Gasteiger partial charge in [-0.2, -0.15) is 0 Å². The van der Waals surface area contributed by atoms with Gasteiger partial charge in [-0.1, -0.05) is 25.4 Å². The van der Waals surface area contributed by atoms with Crippen molar-refractivity contribution in [2.45, 2.75) is 19.8 Å². The van der Waals surface area contributed by atoms with Crippen LogP contribution in [0.25, 0.3) is 11.4 Å². The molecule has 0 radical (unpaired) electrons. The van der Waals surface area contributed by atoms with Crippen LogP contribution in [-0.4, -0.2) is 17.0 Å². The fourth-order valence-corrected chi connectivity index (χ4v) is 1.92. The molecule has 0 aliphatic carbocycles. The number of aromatic nitrogens is 2. The number of hydrogen-bond acceptors (Lipinski definition) is 3. The zero-order valence-electron chi connectivity index (χ0n) is 11.0. The van der Waals surface area contributed by atoms with Gasteiger partial charge < -0.3 is 5.32 Å². The molecule has 0 spiro atoms. The Hall–Kier alpha value is -1.68. The number of anilines is 1. The van der Waals surface area contributed by atoms with E-state index >= 15 is 0 Å². The molecule has 2 rings (SSSR count). The third kappa shape index (κ3) is 3.20. The minimum absolute atomic E-state index is 0.262. The van der Waals surface area contributed by atoms with Gasteiger partial charge in [0, 0.05) is 29.4 Å². The van der Waals surface area contributed by atoms with Gasteiger partial charge in [0.25, 0.3) is 0 Å². The topological polar surface area (TPSA) is 37.8 Å². The van der Waals surface area contributed by atoms with Gasteiger partial charge in [0.15, 0.2) is 5.82 Å². The van der Waals surface area contributed by atoms with E-state index in [0.29, 0.717) is 22.2 Å². The summed E-state index contributed by atoms with van der Waals surface area (Å²) in [6.07, 6.45) is 0. The standard InChI is InChI=1S/C14H15ClFN3/c1-8(2)12-7-13(17-3)19-14(18-12)9-4-10(15)6-11(16)5-9/h4-8H,1-3H3,(H,17,18,19). The molecule has 1 aromatic heterocycles. The third-order valence-corrected chi connectivity index (χ3v) is 2.93. The van der Waals surface area contributed by atoms with E-state index in [1.807, 2.05) is 19.9 Å². The quantitative estimate of drug-likeness (QED) is 0.919. The molecule has 0 atom stereocenters. The first-order valence-electron chi connectivity index (χ1n) is 6.03. The number of nitrogens with one attached hydrogen (secondary N) is 1. The average molecular weight is 280 g/mol. The highest BCUT2D eigenvalue weighted by Crippen LogP contribution is 2.25. The van der Waals surface area contributed by atoms with Crippen molar-refractivity contribution in [1.29, 1.82) is 0 Å². The Morgan fingerprint density at radius 1 is 1.16 bits per heavy atom. The number of benzene rings is 1. The Balaban J connectivity index is 2.57. The minimum Gasteiger partial charge on any atom is -0.373 e. The lowest BCUT2D eigenvalue weighted by Crippen LogP contribution is -2.02. The summed E-state index contributed by atoms with van der Waals surface area (Å²) in [5, 5.41) is 3.32. The molecule has 1 heterocycles. The van der Waals surface area contributed by atoms with Crippen molar-refractivity contribution >= 4 is 17.4 Å². The molecule has 0 aliphatic heterocycles. The fraction of sp³-hybridized carbons (Fsp3) is 0.286. The Kier molecular flexibility index (Phi) is 4.00. The van der Waals surface area contributed by atoms with Gasteiger partial charge in [-0.3, -0.25) is 0 Å². The first-order valence-corrected chi connectivity index (χ1v) is 6.40. The summed E-state index contributed by atoms with van der Waals surface area (Å²) in [5.41, 5.74) is 1.47. The number of rotatable bonds is 3. The lowest BCUT2D eigenvalue weighted by molar-refractivity contribution is 0.628. The smallest absolute Gasteiger partial charge is 0.161 e. The van der Waals surface area contributed by atoms with Gasteiger partial charge >= 0.3 is 0 Å². The molecular formula is C14H15ClFN3. The van der Waals surface area contributed by atoms with Gasteiger partial charge in [0.2, 0.25) is 0 Å². The van der Waals surface area contributed by atoms with E-state index in [-0.39, 0.29) is 5.92 Å². The maximum atomic E-state index is 13.4. The SMILES string of the molecule is CNc1cc(C(C)C)nc(-c2cc(F)cc(Cl)c2)n1. The van der Waals surface area contributed by atoms with Gasteiger partial charge in [0.1, 0.15) is 11.6 Å². The van der Waals surface area contributed by atoms with Crippen LogP contribution in [0.2, 0.25) is 5.02 Å². The Morgan fingerprint density at radius 3 is 2.47 bits per heavy atom. The molecular weight excluding hydrogens is 265 g/mol. The first-order chi connectivity index (χ1) is 8.99. The second-order valence-electron chi connectivity index (χ2n) is 4.56. The molecule has 0 aliphatic rings. The molecule has 0 bridgehead atoms. The van der Waals surface area contributed by atoms with Crippen LogP contribution >= 0.6 is 11.6 Å². The lowest BCUT2D eigenvalue weighted by Gasteiger charge is -2.10. The molecule has 5 heteroatoms. The summed E-state index contributed by atoms with van der Waals surface area (Å²) in [5.74, 6) is 1.04. The van der Waals surface area contributed by atoms with Crippen LogP contribution in [0, 0.1) is 5.82 Å². The molecule has 0 fully saturated rings. The average Bonchev–Trinajstić information content (AvgIpc) is 2.37. The predicted octanol–water partition coefficient (Wildman–Crippen LogP) is 4.10. The largest absolute Gasteiger partial charge is 0.373 e. The van der Waals surface area contributed by atoms with E-state index in [2.05, 4.69) is 15.3 Å². The zero-order chi connectivity index (χ0) is 14.0. The van der Waals surface area contributed by atoms with Crippen LogP contribution < -0.4 is 5.32 Å². The normalized spacial score (nSPS) is 10.8. The molecule has 0 amide bonds. The van der Waals surface area contributed by atoms with Crippen molar-refractivity contribution in [2.24, 2.45) is 0 Å². The van der Waals surface area contributed by atoms with Crippen molar-refractivity contribution in [3.63, 3.8) is 0 Å². The zero-order valence-corrected chi connectivity index (χ0v) is 11.8. The van der Waals surface area contributed by atoms with E-state index in [1.54, 1.807) is 13.1 Å². The molecule has 19 heavy (non-hydrogen) atoms. The minimum atomic E-state index is -0.396. The van der Waals surface area contributed by atoms with Gasteiger partial charge in [0.05, 0.1) is 0 Å². The van der Waals surface area contributed by atoms with Crippen LogP contribution in [0.4, 0.5) is 10.2 Å². The van der Waals surface area contributed by atoms with E-state index in [0.717, 1.165) is 5.69 Å². The van der Waals surface area contributed by atoms with E-state index in [4.69, 9.17) is 11.6 Å².